The number of esters is 1. The van der Waals surface area contributed by atoms with Crippen LogP contribution in [0.4, 0.5) is 0 Å². The number of hydrogen-bond acceptors (Lipinski definition) is 6. The molecular weight excluding hydrogens is 350 g/mol. The Morgan fingerprint density at radius 1 is 1.04 bits per heavy atom. The van der Waals surface area contributed by atoms with Crippen LogP contribution in [0.3, 0.4) is 0 Å². The SMILES string of the molecule is COC(=O)c1occc1CN(Cc1cccs1)Cc1ccccc1OC. The molecule has 3 rings (SSSR count). The molecule has 2 heterocycles. The predicted octanol–water partition coefficient (Wildman–Crippen LogP) is 4.34. The molecule has 1 aromatic carbocycles. The second-order valence-electron chi connectivity index (χ2n) is 5.80. The van der Waals surface area contributed by atoms with Crippen molar-refractivity contribution in [3.63, 3.8) is 0 Å². The molecule has 2 aromatic heterocycles. The lowest BCUT2D eigenvalue weighted by Gasteiger charge is -2.22. The van der Waals surface area contributed by atoms with Crippen LogP contribution in [0, 0.1) is 0 Å². The maximum absolute atomic E-state index is 11.9. The van der Waals surface area contributed by atoms with Crippen LogP contribution in [0.1, 0.15) is 26.6 Å². The summed E-state index contributed by atoms with van der Waals surface area (Å²) in [6, 6.07) is 13.9. The zero-order valence-electron chi connectivity index (χ0n) is 14.8. The summed E-state index contributed by atoms with van der Waals surface area (Å²) in [7, 11) is 3.03. The molecule has 0 unspecified atom stereocenters. The first-order chi connectivity index (χ1) is 12.7. The first kappa shape index (κ1) is 18.2. The zero-order chi connectivity index (χ0) is 18.4. The lowest BCUT2D eigenvalue weighted by Crippen LogP contribution is -2.23. The summed E-state index contributed by atoms with van der Waals surface area (Å²) in [5, 5.41) is 2.06. The number of thiophene rings is 1. The quantitative estimate of drug-likeness (QED) is 0.552. The van der Waals surface area contributed by atoms with Gasteiger partial charge in [0.05, 0.1) is 20.5 Å². The van der Waals surface area contributed by atoms with E-state index in [1.807, 2.05) is 30.3 Å². The van der Waals surface area contributed by atoms with Gasteiger partial charge >= 0.3 is 5.97 Å². The van der Waals surface area contributed by atoms with Crippen LogP contribution in [0.25, 0.3) is 0 Å². The third kappa shape index (κ3) is 4.33. The highest BCUT2D eigenvalue weighted by atomic mass is 32.1. The molecule has 0 radical (unpaired) electrons. The number of hydrogen-bond donors (Lipinski definition) is 0. The number of para-hydroxylation sites is 1. The molecule has 0 atom stereocenters. The zero-order valence-corrected chi connectivity index (χ0v) is 15.6. The van der Waals surface area contributed by atoms with Gasteiger partial charge in [-0.15, -0.1) is 11.3 Å². The molecule has 0 bridgehead atoms. The summed E-state index contributed by atoms with van der Waals surface area (Å²) < 4.78 is 15.6. The van der Waals surface area contributed by atoms with Crippen LogP contribution in [0.15, 0.2) is 58.5 Å². The molecule has 26 heavy (non-hydrogen) atoms. The minimum atomic E-state index is -0.460. The van der Waals surface area contributed by atoms with Crippen LogP contribution in [-0.4, -0.2) is 25.1 Å². The van der Waals surface area contributed by atoms with E-state index in [-0.39, 0.29) is 5.76 Å². The molecule has 6 heteroatoms. The highest BCUT2D eigenvalue weighted by Crippen LogP contribution is 2.24. The Bertz CT molecular complexity index is 841. The van der Waals surface area contributed by atoms with E-state index in [0.717, 1.165) is 23.4 Å². The molecular formula is C20H21NO4S. The third-order valence-corrected chi connectivity index (χ3v) is 4.92. The average molecular weight is 371 g/mol. The number of furan rings is 1. The third-order valence-electron chi connectivity index (χ3n) is 4.06. The summed E-state index contributed by atoms with van der Waals surface area (Å²) in [6.45, 7) is 2.02. The molecule has 0 spiro atoms. The van der Waals surface area contributed by atoms with Crippen molar-refractivity contribution in [2.75, 3.05) is 14.2 Å². The molecule has 0 fully saturated rings. The number of methoxy groups -OCH3 is 2. The van der Waals surface area contributed by atoms with Crippen molar-refractivity contribution in [1.29, 1.82) is 0 Å². The predicted molar refractivity (Wildman–Crippen MR) is 100 cm³/mol. The van der Waals surface area contributed by atoms with Gasteiger partial charge in [-0.05, 0) is 23.6 Å². The minimum Gasteiger partial charge on any atom is -0.496 e. The second-order valence-corrected chi connectivity index (χ2v) is 6.84. The van der Waals surface area contributed by atoms with Gasteiger partial charge in [-0.2, -0.15) is 0 Å². The fourth-order valence-electron chi connectivity index (χ4n) is 2.84. The van der Waals surface area contributed by atoms with Crippen LogP contribution in [0.2, 0.25) is 0 Å². The topological polar surface area (TPSA) is 51.9 Å². The van der Waals surface area contributed by atoms with Gasteiger partial charge in [0.15, 0.2) is 0 Å². The monoisotopic (exact) mass is 371 g/mol. The molecule has 0 aliphatic heterocycles. The van der Waals surface area contributed by atoms with Crippen LogP contribution in [0.5, 0.6) is 5.75 Å². The van der Waals surface area contributed by atoms with E-state index in [9.17, 15) is 4.79 Å². The Kier molecular flexibility index (Phi) is 6.09. The summed E-state index contributed by atoms with van der Waals surface area (Å²) in [5.41, 5.74) is 1.90. The lowest BCUT2D eigenvalue weighted by molar-refractivity contribution is 0.0561. The fraction of sp³-hybridized carbons (Fsp3) is 0.250. The summed E-state index contributed by atoms with van der Waals surface area (Å²) in [6.07, 6.45) is 1.52. The summed E-state index contributed by atoms with van der Waals surface area (Å²) in [4.78, 5) is 15.4. The van der Waals surface area contributed by atoms with Crippen LogP contribution < -0.4 is 4.74 Å². The molecule has 5 nitrogen and oxygen atoms in total. The molecule has 0 saturated carbocycles. The summed E-state index contributed by atoms with van der Waals surface area (Å²) in [5.74, 6) is 0.645. The van der Waals surface area contributed by atoms with Gasteiger partial charge in [-0.1, -0.05) is 24.3 Å². The Hall–Kier alpha value is -2.57. The molecule has 0 saturated heterocycles. The number of nitrogens with zero attached hydrogens (tertiary/aromatic N) is 1. The highest BCUT2D eigenvalue weighted by Gasteiger charge is 2.19. The standard InChI is InChI=1S/C20H21NO4S/c1-23-18-8-4-3-6-15(18)12-21(14-17-7-5-11-26-17)13-16-9-10-25-19(16)20(22)24-2/h3-11H,12-14H2,1-2H3. The molecule has 0 aliphatic carbocycles. The molecule has 0 amide bonds. The Morgan fingerprint density at radius 2 is 1.85 bits per heavy atom. The van der Waals surface area contributed by atoms with Gasteiger partial charge in [0.2, 0.25) is 5.76 Å². The first-order valence-corrected chi connectivity index (χ1v) is 9.10. The van der Waals surface area contributed by atoms with Gasteiger partial charge < -0.3 is 13.9 Å². The van der Waals surface area contributed by atoms with Gasteiger partial charge in [0.25, 0.3) is 0 Å². The number of rotatable bonds is 8. The fourth-order valence-corrected chi connectivity index (χ4v) is 3.58. The van der Waals surface area contributed by atoms with E-state index in [1.54, 1.807) is 18.4 Å². The van der Waals surface area contributed by atoms with E-state index in [1.165, 1.54) is 18.3 Å². The highest BCUT2D eigenvalue weighted by molar-refractivity contribution is 7.09. The van der Waals surface area contributed by atoms with E-state index < -0.39 is 5.97 Å². The van der Waals surface area contributed by atoms with Crippen molar-refractivity contribution in [1.82, 2.24) is 4.90 Å². The number of benzene rings is 1. The average Bonchev–Trinajstić information content (AvgIpc) is 3.33. The van der Waals surface area contributed by atoms with E-state index in [4.69, 9.17) is 13.9 Å². The van der Waals surface area contributed by atoms with Crippen molar-refractivity contribution in [3.8, 4) is 5.75 Å². The van der Waals surface area contributed by atoms with E-state index in [0.29, 0.717) is 13.1 Å². The normalized spacial score (nSPS) is 10.9. The number of carbonyl (C=O) groups is 1. The Balaban J connectivity index is 1.84. The first-order valence-electron chi connectivity index (χ1n) is 8.22. The van der Waals surface area contributed by atoms with Crippen LogP contribution >= 0.6 is 11.3 Å². The lowest BCUT2D eigenvalue weighted by atomic mass is 10.1. The Morgan fingerprint density at radius 3 is 2.58 bits per heavy atom. The molecule has 3 aromatic rings. The maximum atomic E-state index is 11.9. The molecule has 0 aliphatic rings. The second kappa shape index (κ2) is 8.69. The van der Waals surface area contributed by atoms with Crippen molar-refractivity contribution in [3.05, 3.63) is 75.9 Å². The van der Waals surface area contributed by atoms with Crippen molar-refractivity contribution < 1.29 is 18.7 Å². The van der Waals surface area contributed by atoms with Crippen molar-refractivity contribution >= 4 is 17.3 Å². The minimum absolute atomic E-state index is 0.253. The summed E-state index contributed by atoms with van der Waals surface area (Å²) >= 11 is 1.71. The van der Waals surface area contributed by atoms with Gasteiger partial charge in [0.1, 0.15) is 5.75 Å². The van der Waals surface area contributed by atoms with Crippen LogP contribution in [-0.2, 0) is 24.4 Å². The molecule has 136 valence electrons. The number of carbonyl (C=O) groups excluding carboxylic acids is 1. The van der Waals surface area contributed by atoms with Gasteiger partial charge in [-0.25, -0.2) is 4.79 Å². The Labute approximate surface area is 156 Å². The van der Waals surface area contributed by atoms with E-state index >= 15 is 0 Å². The number of ether oxygens (including phenoxy) is 2. The van der Waals surface area contributed by atoms with Crippen molar-refractivity contribution in [2.24, 2.45) is 0 Å². The van der Waals surface area contributed by atoms with E-state index in [2.05, 4.69) is 22.4 Å². The largest absolute Gasteiger partial charge is 0.496 e. The van der Waals surface area contributed by atoms with Crippen molar-refractivity contribution in [2.45, 2.75) is 19.6 Å². The smallest absolute Gasteiger partial charge is 0.374 e. The van der Waals surface area contributed by atoms with Gasteiger partial charge in [0, 0.05) is 35.6 Å². The molecule has 0 N–H and O–H groups in total. The van der Waals surface area contributed by atoms with Gasteiger partial charge in [-0.3, -0.25) is 4.90 Å². The maximum Gasteiger partial charge on any atom is 0.374 e.